The minimum atomic E-state index is -0.376. The van der Waals surface area contributed by atoms with Crippen LogP contribution in [0.2, 0.25) is 5.02 Å². The maximum Gasteiger partial charge on any atom is 0.250 e. The molecule has 0 spiro atoms. The molecule has 1 aromatic rings. The molecule has 0 aliphatic rings. The minimum Gasteiger partial charge on any atom is -0.872 e. The third-order valence-electron chi connectivity index (χ3n) is 3.18. The number of halogens is 1. The largest absolute Gasteiger partial charge is 0.872 e. The molecule has 1 N–H and O–H groups in total. The van der Waals surface area contributed by atoms with Gasteiger partial charge in [-0.15, -0.1) is 0 Å². The second-order valence-corrected chi connectivity index (χ2v) is 5.55. The van der Waals surface area contributed by atoms with E-state index in [1.807, 2.05) is 0 Å². The first-order valence-corrected chi connectivity index (χ1v) is 7.62. The molecule has 0 unspecified atom stereocenters. The average molecular weight is 311 g/mol. The topological polar surface area (TPSA) is 69.2 Å². The van der Waals surface area contributed by atoms with E-state index in [0.29, 0.717) is 18.0 Å². The maximum absolute atomic E-state index is 11.8. The minimum absolute atomic E-state index is 0.0870. The average Bonchev–Trinajstić information content (AvgIpc) is 2.43. The van der Waals surface area contributed by atoms with Crippen molar-refractivity contribution < 1.29 is 14.7 Å². The number of carbonyl (C=O) groups excluding carboxylic acids is 2. The predicted molar refractivity (Wildman–Crippen MR) is 81.6 cm³/mol. The van der Waals surface area contributed by atoms with Crippen LogP contribution >= 0.6 is 11.6 Å². The van der Waals surface area contributed by atoms with E-state index in [4.69, 9.17) is 11.6 Å². The molecule has 5 heteroatoms. The van der Waals surface area contributed by atoms with Crippen molar-refractivity contribution in [3.63, 3.8) is 0 Å². The Morgan fingerprint density at radius 3 is 2.52 bits per heavy atom. The Kier molecular flexibility index (Phi) is 7.83. The lowest BCUT2D eigenvalue weighted by Crippen LogP contribution is -2.25. The summed E-state index contributed by atoms with van der Waals surface area (Å²) in [6, 6.07) is 4.16. The number of nitrogens with one attached hydrogen (secondary N) is 1. The summed E-state index contributed by atoms with van der Waals surface area (Å²) < 4.78 is 0. The third-order valence-corrected chi connectivity index (χ3v) is 3.41. The number of hydrogen-bond acceptors (Lipinski definition) is 3. The van der Waals surface area contributed by atoms with Crippen LogP contribution in [0.3, 0.4) is 0 Å². The third kappa shape index (κ3) is 7.14. The summed E-state index contributed by atoms with van der Waals surface area (Å²) in [6.45, 7) is 2.15. The van der Waals surface area contributed by atoms with Gasteiger partial charge in [-0.1, -0.05) is 42.7 Å². The monoisotopic (exact) mass is 310 g/mol. The number of carbonyl (C=O) groups is 2. The van der Waals surface area contributed by atoms with Crippen molar-refractivity contribution in [1.82, 2.24) is 5.32 Å². The second kappa shape index (κ2) is 9.40. The Morgan fingerprint density at radius 2 is 1.81 bits per heavy atom. The van der Waals surface area contributed by atoms with Gasteiger partial charge < -0.3 is 15.2 Å². The predicted octanol–water partition coefficient (Wildman–Crippen LogP) is 3.07. The fraction of sp³-hybridized carbons (Fsp3) is 0.500. The fourth-order valence-corrected chi connectivity index (χ4v) is 2.18. The zero-order valence-corrected chi connectivity index (χ0v) is 13.0. The summed E-state index contributed by atoms with van der Waals surface area (Å²) in [4.78, 5) is 22.6. The van der Waals surface area contributed by atoms with Crippen molar-refractivity contribution in [2.75, 3.05) is 6.54 Å². The molecule has 0 saturated heterocycles. The molecule has 0 heterocycles. The van der Waals surface area contributed by atoms with E-state index in [0.717, 1.165) is 32.1 Å². The summed E-state index contributed by atoms with van der Waals surface area (Å²) in [5, 5.41) is 14.6. The SMILES string of the molecule is CC(=O)CCCCCCCNC(=O)c1cc(Cl)ccc1[O-]. The van der Waals surface area contributed by atoms with Crippen LogP contribution in [0.1, 0.15) is 55.8 Å². The molecule has 0 saturated carbocycles. The van der Waals surface area contributed by atoms with Crippen molar-refractivity contribution in [3.8, 4) is 5.75 Å². The molecule has 116 valence electrons. The van der Waals surface area contributed by atoms with Gasteiger partial charge in [-0.2, -0.15) is 0 Å². The van der Waals surface area contributed by atoms with Crippen molar-refractivity contribution in [3.05, 3.63) is 28.8 Å². The van der Waals surface area contributed by atoms with E-state index >= 15 is 0 Å². The standard InChI is InChI=1S/C16H22ClNO3/c1-12(19)7-5-3-2-4-6-10-18-16(21)14-11-13(17)8-9-15(14)20/h8-9,11,20H,2-7,10H2,1H3,(H,18,21)/p-1. The van der Waals surface area contributed by atoms with Crippen LogP contribution < -0.4 is 10.4 Å². The molecule has 21 heavy (non-hydrogen) atoms. The van der Waals surface area contributed by atoms with E-state index in [-0.39, 0.29) is 23.0 Å². The number of rotatable bonds is 9. The van der Waals surface area contributed by atoms with Gasteiger partial charge in [-0.25, -0.2) is 0 Å². The van der Waals surface area contributed by atoms with Crippen molar-refractivity contribution in [2.45, 2.75) is 45.4 Å². The van der Waals surface area contributed by atoms with E-state index in [1.54, 1.807) is 6.92 Å². The van der Waals surface area contributed by atoms with Crippen LogP contribution in [0.15, 0.2) is 18.2 Å². The van der Waals surface area contributed by atoms with Crippen LogP contribution in [-0.2, 0) is 4.79 Å². The molecule has 1 aromatic carbocycles. The smallest absolute Gasteiger partial charge is 0.250 e. The lowest BCUT2D eigenvalue weighted by molar-refractivity contribution is -0.268. The van der Waals surface area contributed by atoms with Gasteiger partial charge in [0.15, 0.2) is 0 Å². The molecule has 0 atom stereocenters. The Labute approximate surface area is 130 Å². The van der Waals surface area contributed by atoms with Crippen molar-refractivity contribution >= 4 is 23.3 Å². The first kappa shape index (κ1) is 17.5. The van der Waals surface area contributed by atoms with Crippen LogP contribution in [0, 0.1) is 0 Å². The molecule has 0 aliphatic heterocycles. The maximum atomic E-state index is 11.8. The van der Waals surface area contributed by atoms with Crippen LogP contribution in [0.25, 0.3) is 0 Å². The molecule has 1 rings (SSSR count). The highest BCUT2D eigenvalue weighted by Gasteiger charge is 2.06. The quantitative estimate of drug-likeness (QED) is 0.713. The lowest BCUT2D eigenvalue weighted by Gasteiger charge is -2.13. The van der Waals surface area contributed by atoms with E-state index in [2.05, 4.69) is 5.32 Å². The Balaban J connectivity index is 2.16. The Bertz CT molecular complexity index is 488. The normalized spacial score (nSPS) is 10.4. The fourth-order valence-electron chi connectivity index (χ4n) is 2.01. The molecule has 0 bridgehead atoms. The van der Waals surface area contributed by atoms with Crippen LogP contribution in [0.4, 0.5) is 0 Å². The molecule has 1 amide bonds. The molecule has 0 aromatic heterocycles. The number of hydrogen-bond donors (Lipinski definition) is 1. The zero-order valence-electron chi connectivity index (χ0n) is 12.3. The summed E-state index contributed by atoms with van der Waals surface area (Å²) in [7, 11) is 0. The van der Waals surface area contributed by atoms with Gasteiger partial charge in [-0.05, 0) is 31.9 Å². The second-order valence-electron chi connectivity index (χ2n) is 5.12. The van der Waals surface area contributed by atoms with E-state index in [1.165, 1.54) is 18.2 Å². The Morgan fingerprint density at radius 1 is 1.14 bits per heavy atom. The lowest BCUT2D eigenvalue weighted by atomic mass is 10.1. The molecule has 0 aliphatic carbocycles. The summed E-state index contributed by atoms with van der Waals surface area (Å²) in [6.07, 6.45) is 5.53. The first-order valence-electron chi connectivity index (χ1n) is 7.25. The number of benzene rings is 1. The summed E-state index contributed by atoms with van der Waals surface area (Å²) in [5.41, 5.74) is 0.0870. The van der Waals surface area contributed by atoms with Crippen molar-refractivity contribution in [2.24, 2.45) is 0 Å². The van der Waals surface area contributed by atoms with Gasteiger partial charge in [0, 0.05) is 23.6 Å². The number of unbranched alkanes of at least 4 members (excludes halogenated alkanes) is 4. The number of amides is 1. The van der Waals surface area contributed by atoms with Gasteiger partial charge in [0.25, 0.3) is 5.91 Å². The molecule has 0 radical (unpaired) electrons. The summed E-state index contributed by atoms with van der Waals surface area (Å²) >= 11 is 5.77. The number of ketones is 1. The highest BCUT2D eigenvalue weighted by atomic mass is 35.5. The highest BCUT2D eigenvalue weighted by molar-refractivity contribution is 6.31. The van der Waals surface area contributed by atoms with Gasteiger partial charge in [0.2, 0.25) is 0 Å². The van der Waals surface area contributed by atoms with Crippen LogP contribution in [0.5, 0.6) is 5.75 Å². The van der Waals surface area contributed by atoms with Gasteiger partial charge in [0.05, 0.1) is 0 Å². The Hall–Kier alpha value is -1.55. The van der Waals surface area contributed by atoms with Gasteiger partial charge >= 0.3 is 0 Å². The molecular formula is C16H21ClNO3-. The van der Waals surface area contributed by atoms with Crippen molar-refractivity contribution in [1.29, 1.82) is 0 Å². The van der Waals surface area contributed by atoms with E-state index < -0.39 is 0 Å². The first-order chi connectivity index (χ1) is 10.0. The highest BCUT2D eigenvalue weighted by Crippen LogP contribution is 2.18. The summed E-state index contributed by atoms with van der Waals surface area (Å²) in [5.74, 6) is -0.461. The van der Waals surface area contributed by atoms with Gasteiger partial charge in [0.1, 0.15) is 5.78 Å². The van der Waals surface area contributed by atoms with Gasteiger partial charge in [-0.3, -0.25) is 4.79 Å². The molecular weight excluding hydrogens is 290 g/mol. The zero-order chi connectivity index (χ0) is 15.7. The molecule has 4 nitrogen and oxygen atoms in total. The number of Topliss-reactive ketones (excluding diaryl/α,β-unsaturated/α-hetero) is 1. The molecule has 0 fully saturated rings. The van der Waals surface area contributed by atoms with Crippen LogP contribution in [-0.4, -0.2) is 18.2 Å². The van der Waals surface area contributed by atoms with E-state index in [9.17, 15) is 14.7 Å².